The van der Waals surface area contributed by atoms with Crippen molar-refractivity contribution in [3.63, 3.8) is 0 Å². The lowest BCUT2D eigenvalue weighted by Crippen LogP contribution is -2.46. The van der Waals surface area contributed by atoms with Gasteiger partial charge >= 0.3 is 0 Å². The Morgan fingerprint density at radius 3 is 2.81 bits per heavy atom. The highest BCUT2D eigenvalue weighted by molar-refractivity contribution is 5.79. The maximum absolute atomic E-state index is 12.1. The summed E-state index contributed by atoms with van der Waals surface area (Å²) >= 11 is 0. The van der Waals surface area contributed by atoms with E-state index in [9.17, 15) is 4.79 Å². The highest BCUT2D eigenvalue weighted by Crippen LogP contribution is 2.39. The summed E-state index contributed by atoms with van der Waals surface area (Å²) in [6, 6.07) is 4.11. The predicted octanol–water partition coefficient (Wildman–Crippen LogP) is 2.96. The van der Waals surface area contributed by atoms with Crippen molar-refractivity contribution in [1.29, 1.82) is 0 Å². The number of hydrogen-bond acceptors (Lipinski definition) is 3. The number of carbonyl (C=O) groups excluding carboxylic acids is 1. The van der Waals surface area contributed by atoms with E-state index in [0.29, 0.717) is 5.91 Å². The zero-order chi connectivity index (χ0) is 14.9. The lowest BCUT2D eigenvalue weighted by Gasteiger charge is -2.37. The lowest BCUT2D eigenvalue weighted by molar-refractivity contribution is -0.131. The van der Waals surface area contributed by atoms with Gasteiger partial charge < -0.3 is 9.32 Å². The van der Waals surface area contributed by atoms with Gasteiger partial charge in [-0.3, -0.25) is 9.69 Å². The second kappa shape index (κ2) is 5.84. The van der Waals surface area contributed by atoms with Gasteiger partial charge in [0.05, 0.1) is 6.54 Å². The van der Waals surface area contributed by atoms with E-state index < -0.39 is 0 Å². The van der Waals surface area contributed by atoms with Crippen LogP contribution in [0.3, 0.4) is 0 Å². The summed E-state index contributed by atoms with van der Waals surface area (Å²) in [6.07, 6.45) is 5.22. The summed E-state index contributed by atoms with van der Waals surface area (Å²) in [5, 5.41) is 0. The van der Waals surface area contributed by atoms with Gasteiger partial charge in [-0.15, -0.1) is 0 Å². The van der Waals surface area contributed by atoms with E-state index in [2.05, 4.69) is 22.8 Å². The Balaban J connectivity index is 1.65. The van der Waals surface area contributed by atoms with Gasteiger partial charge in [0.25, 0.3) is 0 Å². The maximum Gasteiger partial charge on any atom is 0.223 e. The molecule has 0 bridgehead atoms. The van der Waals surface area contributed by atoms with Crippen molar-refractivity contribution in [3.05, 3.63) is 23.7 Å². The number of furan rings is 1. The summed E-state index contributed by atoms with van der Waals surface area (Å²) in [5.41, 5.74) is 0.139. The van der Waals surface area contributed by atoms with E-state index in [1.54, 1.807) is 0 Å². The van der Waals surface area contributed by atoms with Crippen molar-refractivity contribution in [2.75, 3.05) is 19.6 Å². The Kier molecular flexibility index (Phi) is 4.07. The molecule has 4 heteroatoms. The fourth-order valence-electron chi connectivity index (χ4n) is 4.09. The third kappa shape index (κ3) is 2.86. The Hall–Kier alpha value is -1.29. The molecule has 1 aromatic rings. The molecule has 1 aromatic heterocycles. The molecular formula is C17H26N2O2. The molecule has 21 heavy (non-hydrogen) atoms. The van der Waals surface area contributed by atoms with Crippen LogP contribution in [0.5, 0.6) is 0 Å². The van der Waals surface area contributed by atoms with Gasteiger partial charge in [-0.05, 0) is 58.2 Å². The zero-order valence-electron chi connectivity index (χ0n) is 13.2. The van der Waals surface area contributed by atoms with E-state index in [1.807, 2.05) is 13.0 Å². The van der Waals surface area contributed by atoms with Gasteiger partial charge in [-0.2, -0.15) is 0 Å². The van der Waals surface area contributed by atoms with E-state index >= 15 is 0 Å². The Labute approximate surface area is 127 Å². The summed E-state index contributed by atoms with van der Waals surface area (Å²) in [7, 11) is 0. The fourth-order valence-corrected chi connectivity index (χ4v) is 4.09. The van der Waals surface area contributed by atoms with Crippen LogP contribution in [0.2, 0.25) is 0 Å². The van der Waals surface area contributed by atoms with Crippen molar-refractivity contribution in [3.8, 4) is 0 Å². The molecule has 0 N–H and O–H groups in total. The first-order valence-corrected chi connectivity index (χ1v) is 8.21. The SMILES string of the molecule is CCN1C(=O)CC[C@@]12CCCN(Cc1ccc(C)o1)CC2. The molecule has 0 unspecified atom stereocenters. The smallest absolute Gasteiger partial charge is 0.223 e. The summed E-state index contributed by atoms with van der Waals surface area (Å²) in [6.45, 7) is 8.01. The van der Waals surface area contributed by atoms with Crippen LogP contribution in [0.15, 0.2) is 16.5 Å². The number of amides is 1. The Morgan fingerprint density at radius 2 is 2.10 bits per heavy atom. The summed E-state index contributed by atoms with van der Waals surface area (Å²) in [5.74, 6) is 2.39. The van der Waals surface area contributed by atoms with Crippen LogP contribution < -0.4 is 0 Å². The topological polar surface area (TPSA) is 36.7 Å². The molecule has 1 spiro atoms. The summed E-state index contributed by atoms with van der Waals surface area (Å²) in [4.78, 5) is 16.7. The minimum Gasteiger partial charge on any atom is -0.465 e. The third-order valence-electron chi connectivity index (χ3n) is 5.18. The zero-order valence-corrected chi connectivity index (χ0v) is 13.2. The van der Waals surface area contributed by atoms with Crippen molar-refractivity contribution in [2.45, 2.75) is 58.0 Å². The number of carbonyl (C=O) groups is 1. The van der Waals surface area contributed by atoms with E-state index in [0.717, 1.165) is 63.4 Å². The van der Waals surface area contributed by atoms with E-state index in [1.165, 1.54) is 6.42 Å². The molecule has 0 aromatic carbocycles. The van der Waals surface area contributed by atoms with Crippen LogP contribution in [0, 0.1) is 6.92 Å². The van der Waals surface area contributed by atoms with E-state index in [4.69, 9.17) is 4.42 Å². The molecule has 3 heterocycles. The van der Waals surface area contributed by atoms with Crippen molar-refractivity contribution in [2.24, 2.45) is 0 Å². The van der Waals surface area contributed by atoms with Gasteiger partial charge in [0.2, 0.25) is 5.91 Å². The van der Waals surface area contributed by atoms with Crippen LogP contribution in [0.4, 0.5) is 0 Å². The van der Waals surface area contributed by atoms with Crippen LogP contribution in [0.25, 0.3) is 0 Å². The highest BCUT2D eigenvalue weighted by Gasteiger charge is 2.44. The second-order valence-corrected chi connectivity index (χ2v) is 6.50. The molecule has 1 atom stereocenters. The highest BCUT2D eigenvalue weighted by atomic mass is 16.3. The minimum absolute atomic E-state index is 0.139. The summed E-state index contributed by atoms with van der Waals surface area (Å²) < 4.78 is 5.70. The minimum atomic E-state index is 0.139. The Morgan fingerprint density at radius 1 is 1.24 bits per heavy atom. The fraction of sp³-hybridized carbons (Fsp3) is 0.706. The van der Waals surface area contributed by atoms with Crippen molar-refractivity contribution >= 4 is 5.91 Å². The molecule has 1 amide bonds. The molecule has 4 nitrogen and oxygen atoms in total. The number of rotatable bonds is 3. The number of likely N-dealkylation sites (tertiary alicyclic amines) is 2. The first kappa shape index (κ1) is 14.6. The van der Waals surface area contributed by atoms with Crippen LogP contribution in [-0.2, 0) is 11.3 Å². The molecule has 0 aliphatic carbocycles. The van der Waals surface area contributed by atoms with E-state index in [-0.39, 0.29) is 5.54 Å². The van der Waals surface area contributed by atoms with Crippen molar-refractivity contribution < 1.29 is 9.21 Å². The standard InChI is InChI=1S/C17H26N2O2/c1-3-19-16(20)7-9-17(19)8-4-11-18(12-10-17)13-15-6-5-14(2)21-15/h5-6H,3-4,7-13H2,1-2H3/t17-/m1/s1. The van der Waals surface area contributed by atoms with Gasteiger partial charge in [0.1, 0.15) is 11.5 Å². The van der Waals surface area contributed by atoms with Crippen molar-refractivity contribution in [1.82, 2.24) is 9.80 Å². The molecule has 0 radical (unpaired) electrons. The molecule has 3 rings (SSSR count). The Bertz CT molecular complexity index is 511. The number of aryl methyl sites for hydroxylation is 1. The largest absolute Gasteiger partial charge is 0.465 e. The normalized spacial score (nSPS) is 27.5. The van der Waals surface area contributed by atoms with Gasteiger partial charge in [0.15, 0.2) is 0 Å². The van der Waals surface area contributed by atoms with Gasteiger partial charge in [-0.25, -0.2) is 0 Å². The third-order valence-corrected chi connectivity index (χ3v) is 5.18. The molecule has 2 aliphatic heterocycles. The number of hydrogen-bond donors (Lipinski definition) is 0. The van der Waals surface area contributed by atoms with Crippen LogP contribution >= 0.6 is 0 Å². The molecule has 2 fully saturated rings. The molecule has 2 aliphatic rings. The maximum atomic E-state index is 12.1. The average molecular weight is 290 g/mol. The quantitative estimate of drug-likeness (QED) is 0.859. The number of nitrogens with zero attached hydrogens (tertiary/aromatic N) is 2. The first-order chi connectivity index (χ1) is 10.1. The lowest BCUT2D eigenvalue weighted by atomic mass is 9.88. The monoisotopic (exact) mass is 290 g/mol. The van der Waals surface area contributed by atoms with Crippen LogP contribution in [-0.4, -0.2) is 40.9 Å². The average Bonchev–Trinajstić information content (AvgIpc) is 2.92. The molecule has 2 saturated heterocycles. The van der Waals surface area contributed by atoms with Gasteiger partial charge in [0, 0.05) is 25.0 Å². The molecular weight excluding hydrogens is 264 g/mol. The van der Waals surface area contributed by atoms with Gasteiger partial charge in [-0.1, -0.05) is 0 Å². The molecule has 0 saturated carbocycles. The predicted molar refractivity (Wildman–Crippen MR) is 81.9 cm³/mol. The second-order valence-electron chi connectivity index (χ2n) is 6.50. The first-order valence-electron chi connectivity index (χ1n) is 8.21. The molecule has 116 valence electrons. The van der Waals surface area contributed by atoms with Crippen LogP contribution in [0.1, 0.15) is 50.5 Å².